The van der Waals surface area contributed by atoms with Gasteiger partial charge in [-0.1, -0.05) is 17.3 Å². The topological polar surface area (TPSA) is 89.4 Å². The van der Waals surface area contributed by atoms with Crippen LogP contribution in [0.2, 0.25) is 0 Å². The molecule has 0 radical (unpaired) electrons. The van der Waals surface area contributed by atoms with Gasteiger partial charge < -0.3 is 18.9 Å². The van der Waals surface area contributed by atoms with Crippen LogP contribution in [0.4, 0.5) is 0 Å². The van der Waals surface area contributed by atoms with Gasteiger partial charge in [-0.2, -0.15) is 4.98 Å². The first-order valence-corrected chi connectivity index (χ1v) is 9.83. The molecule has 1 saturated heterocycles. The Bertz CT molecular complexity index is 954. The Balaban J connectivity index is 1.29. The first-order chi connectivity index (χ1) is 13.7. The fourth-order valence-electron chi connectivity index (χ4n) is 4.91. The minimum absolute atomic E-state index is 0.0744. The van der Waals surface area contributed by atoms with Gasteiger partial charge in [0.05, 0.1) is 36.1 Å². The highest BCUT2D eigenvalue weighted by atomic mass is 16.5. The van der Waals surface area contributed by atoms with E-state index in [4.69, 9.17) is 9.26 Å². The van der Waals surface area contributed by atoms with Crippen molar-refractivity contribution < 1.29 is 14.4 Å². The molecule has 3 aromatic rings. The van der Waals surface area contributed by atoms with Crippen LogP contribution in [-0.2, 0) is 17.9 Å². The number of aromatic nitrogens is 4. The van der Waals surface area contributed by atoms with E-state index in [2.05, 4.69) is 30.7 Å². The summed E-state index contributed by atoms with van der Waals surface area (Å²) in [6, 6.07) is 8.19. The summed E-state index contributed by atoms with van der Waals surface area (Å²) in [7, 11) is 1.62. The van der Waals surface area contributed by atoms with Crippen molar-refractivity contribution in [2.24, 2.45) is 11.8 Å². The molecule has 2 aromatic heterocycles. The summed E-state index contributed by atoms with van der Waals surface area (Å²) in [5.41, 5.74) is 2.07. The Morgan fingerprint density at radius 2 is 2.04 bits per heavy atom. The molecule has 1 saturated carbocycles. The minimum Gasteiger partial charge on any atom is -0.391 e. The average Bonchev–Trinajstić information content (AvgIpc) is 3.40. The minimum atomic E-state index is -0.351. The van der Waals surface area contributed by atoms with E-state index in [1.54, 1.807) is 7.11 Å². The Hall–Kier alpha value is -2.29. The van der Waals surface area contributed by atoms with Crippen LogP contribution in [0, 0.1) is 11.8 Å². The zero-order chi connectivity index (χ0) is 19.1. The summed E-state index contributed by atoms with van der Waals surface area (Å²) in [4.78, 5) is 11.2. The average molecular weight is 383 g/mol. The normalized spacial score (nSPS) is 28.1. The molecule has 1 N–H and O–H groups in total. The van der Waals surface area contributed by atoms with E-state index in [0.29, 0.717) is 36.7 Å². The van der Waals surface area contributed by atoms with Gasteiger partial charge in [-0.25, -0.2) is 4.98 Å². The lowest BCUT2D eigenvalue weighted by atomic mass is 9.77. The lowest BCUT2D eigenvalue weighted by Crippen LogP contribution is -2.36. The van der Waals surface area contributed by atoms with Gasteiger partial charge in [-0.05, 0) is 36.8 Å². The second-order valence-electron chi connectivity index (χ2n) is 8.00. The van der Waals surface area contributed by atoms with Crippen molar-refractivity contribution in [3.63, 3.8) is 0 Å². The van der Waals surface area contributed by atoms with Crippen molar-refractivity contribution >= 4 is 11.0 Å². The van der Waals surface area contributed by atoms with Crippen LogP contribution >= 0.6 is 0 Å². The Morgan fingerprint density at radius 1 is 1.21 bits per heavy atom. The van der Waals surface area contributed by atoms with E-state index in [0.717, 1.165) is 37.0 Å². The fraction of sp³-hybridized carbons (Fsp3) is 0.550. The van der Waals surface area contributed by atoms with E-state index in [9.17, 15) is 5.11 Å². The molecule has 0 bridgehead atoms. The van der Waals surface area contributed by atoms with E-state index >= 15 is 0 Å². The molecule has 1 aliphatic heterocycles. The molecular weight excluding hydrogens is 358 g/mol. The first kappa shape index (κ1) is 17.8. The number of likely N-dealkylation sites (tertiary alicyclic amines) is 1. The van der Waals surface area contributed by atoms with Gasteiger partial charge in [0.25, 0.3) is 0 Å². The van der Waals surface area contributed by atoms with Crippen LogP contribution in [0.1, 0.15) is 30.6 Å². The van der Waals surface area contributed by atoms with Crippen molar-refractivity contribution in [2.75, 3.05) is 20.2 Å². The standard InChI is InChI=1S/C20H25N5O3/c1-27-11-19-22-20(28-23-19)10-24-8-13-6-17(18(26)7-14(13)9-24)25-12-21-15-4-2-3-5-16(15)25/h2-5,12-14,17-18,26H,6-11H2,1H3/t13-,14+,17-,18-/m1/s1. The molecule has 8 nitrogen and oxygen atoms in total. The molecule has 148 valence electrons. The smallest absolute Gasteiger partial charge is 0.240 e. The van der Waals surface area contributed by atoms with Crippen molar-refractivity contribution in [1.29, 1.82) is 0 Å². The molecule has 0 unspecified atom stereocenters. The number of benzene rings is 1. The fourth-order valence-corrected chi connectivity index (χ4v) is 4.91. The number of fused-ring (bicyclic) bond motifs is 2. The molecule has 3 heterocycles. The lowest BCUT2D eigenvalue weighted by Gasteiger charge is -2.36. The van der Waals surface area contributed by atoms with Gasteiger partial charge in [-0.15, -0.1) is 0 Å². The molecule has 8 heteroatoms. The number of methoxy groups -OCH3 is 1. The summed E-state index contributed by atoms with van der Waals surface area (Å²) in [5.74, 6) is 2.26. The zero-order valence-corrected chi connectivity index (χ0v) is 15.9. The summed E-state index contributed by atoms with van der Waals surface area (Å²) >= 11 is 0. The summed E-state index contributed by atoms with van der Waals surface area (Å²) < 4.78 is 12.5. The SMILES string of the molecule is COCc1noc(CN2C[C@H]3C[C@@H](n4cnc5ccccc54)[C@H](O)C[C@H]3C2)n1. The van der Waals surface area contributed by atoms with Gasteiger partial charge in [-0.3, -0.25) is 4.90 Å². The summed E-state index contributed by atoms with van der Waals surface area (Å²) in [6.07, 6.45) is 3.30. The quantitative estimate of drug-likeness (QED) is 0.721. The van der Waals surface area contributed by atoms with E-state index in [1.165, 1.54) is 0 Å². The highest BCUT2D eigenvalue weighted by Crippen LogP contribution is 2.42. The third kappa shape index (κ3) is 3.21. The van der Waals surface area contributed by atoms with Crippen LogP contribution in [0.5, 0.6) is 0 Å². The number of hydrogen-bond acceptors (Lipinski definition) is 7. The van der Waals surface area contributed by atoms with Gasteiger partial charge in [0.15, 0.2) is 5.82 Å². The zero-order valence-electron chi connectivity index (χ0n) is 15.9. The summed E-state index contributed by atoms with van der Waals surface area (Å²) in [5, 5.41) is 14.8. The molecule has 5 rings (SSSR count). The van der Waals surface area contributed by atoms with Crippen LogP contribution in [0.3, 0.4) is 0 Å². The Labute approximate surface area is 163 Å². The number of aliphatic hydroxyl groups is 1. The van der Waals surface area contributed by atoms with Crippen molar-refractivity contribution in [3.8, 4) is 0 Å². The highest BCUT2D eigenvalue weighted by Gasteiger charge is 2.42. The molecule has 4 atom stereocenters. The predicted molar refractivity (Wildman–Crippen MR) is 101 cm³/mol. The maximum absolute atomic E-state index is 10.9. The van der Waals surface area contributed by atoms with Crippen molar-refractivity contribution in [1.82, 2.24) is 24.6 Å². The van der Waals surface area contributed by atoms with E-state index in [-0.39, 0.29) is 12.1 Å². The van der Waals surface area contributed by atoms with Crippen LogP contribution in [-0.4, -0.2) is 56.0 Å². The van der Waals surface area contributed by atoms with Crippen molar-refractivity contribution in [3.05, 3.63) is 42.3 Å². The molecule has 0 spiro atoms. The number of nitrogens with zero attached hydrogens (tertiary/aromatic N) is 5. The molecule has 28 heavy (non-hydrogen) atoms. The molecule has 2 fully saturated rings. The maximum Gasteiger partial charge on any atom is 0.240 e. The van der Waals surface area contributed by atoms with Gasteiger partial charge >= 0.3 is 0 Å². The molecule has 2 aliphatic rings. The maximum atomic E-state index is 10.9. The predicted octanol–water partition coefficient (Wildman–Crippen LogP) is 2.01. The molecular formula is C20H25N5O3. The Kier molecular flexibility index (Phi) is 4.62. The third-order valence-corrected chi connectivity index (χ3v) is 6.17. The number of hydrogen-bond donors (Lipinski definition) is 1. The van der Waals surface area contributed by atoms with Crippen LogP contribution in [0.25, 0.3) is 11.0 Å². The molecule has 1 aliphatic carbocycles. The number of ether oxygens (including phenoxy) is 1. The monoisotopic (exact) mass is 383 g/mol. The first-order valence-electron chi connectivity index (χ1n) is 9.83. The summed E-state index contributed by atoms with van der Waals surface area (Å²) in [6.45, 7) is 2.96. The largest absolute Gasteiger partial charge is 0.391 e. The van der Waals surface area contributed by atoms with Crippen molar-refractivity contribution in [2.45, 2.75) is 38.1 Å². The van der Waals surface area contributed by atoms with Crippen LogP contribution < -0.4 is 0 Å². The third-order valence-electron chi connectivity index (χ3n) is 6.17. The van der Waals surface area contributed by atoms with Gasteiger partial charge in [0.1, 0.15) is 6.61 Å². The second-order valence-corrected chi connectivity index (χ2v) is 8.00. The van der Waals surface area contributed by atoms with E-state index in [1.807, 2.05) is 24.5 Å². The number of rotatable bonds is 5. The second kappa shape index (κ2) is 7.27. The Morgan fingerprint density at radius 3 is 2.89 bits per heavy atom. The number of aliphatic hydroxyl groups excluding tert-OH is 1. The van der Waals surface area contributed by atoms with Gasteiger partial charge in [0.2, 0.25) is 5.89 Å². The van der Waals surface area contributed by atoms with E-state index < -0.39 is 0 Å². The van der Waals surface area contributed by atoms with Gasteiger partial charge in [0, 0.05) is 20.2 Å². The molecule has 0 amide bonds. The van der Waals surface area contributed by atoms with Crippen LogP contribution in [0.15, 0.2) is 35.1 Å². The number of para-hydroxylation sites is 2. The highest BCUT2D eigenvalue weighted by molar-refractivity contribution is 5.75. The number of imidazole rings is 1. The molecule has 1 aromatic carbocycles. The lowest BCUT2D eigenvalue weighted by molar-refractivity contribution is 0.0374.